The normalized spacial score (nSPS) is 27.4. The van der Waals surface area contributed by atoms with Crippen LogP contribution >= 0.6 is 0 Å². The van der Waals surface area contributed by atoms with Crippen LogP contribution in [0.1, 0.15) is 40.0 Å². The van der Waals surface area contributed by atoms with E-state index < -0.39 is 16.8 Å². The molecule has 1 amide bonds. The zero-order chi connectivity index (χ0) is 18.8. The monoisotopic (exact) mass is 350 g/mol. The minimum atomic E-state index is -1.18. The molecule has 2 atom stereocenters. The van der Waals surface area contributed by atoms with Crippen molar-refractivity contribution in [3.63, 3.8) is 0 Å². The number of nitrogens with zero attached hydrogens (tertiary/aromatic N) is 2. The summed E-state index contributed by atoms with van der Waals surface area (Å²) in [5, 5.41) is 9.36. The van der Waals surface area contributed by atoms with Crippen molar-refractivity contribution in [3.8, 4) is 6.07 Å². The second-order valence-electron chi connectivity index (χ2n) is 7.18. The van der Waals surface area contributed by atoms with Gasteiger partial charge in [-0.2, -0.15) is 5.26 Å². The van der Waals surface area contributed by atoms with Gasteiger partial charge in [0.25, 0.3) is 0 Å². The van der Waals surface area contributed by atoms with E-state index in [9.17, 15) is 19.6 Å². The van der Waals surface area contributed by atoms with Crippen molar-refractivity contribution in [3.05, 3.63) is 0 Å². The fraction of sp³-hybridized carbons (Fsp3) is 0.778. The maximum absolute atomic E-state index is 12.8. The summed E-state index contributed by atoms with van der Waals surface area (Å²) < 4.78 is 9.92. The predicted octanol–water partition coefficient (Wildman–Crippen LogP) is 1.52. The number of ether oxygens (including phenoxy) is 2. The molecule has 2 aliphatic rings. The topological polar surface area (TPSA) is 96.7 Å². The molecule has 1 aliphatic carbocycles. The van der Waals surface area contributed by atoms with Crippen molar-refractivity contribution in [2.24, 2.45) is 22.7 Å². The Morgan fingerprint density at radius 2 is 1.84 bits per heavy atom. The summed E-state index contributed by atoms with van der Waals surface area (Å²) in [4.78, 5) is 38.7. The number of nitriles is 1. The molecule has 0 aromatic rings. The molecular weight excluding hydrogens is 324 g/mol. The third-order valence-electron chi connectivity index (χ3n) is 5.71. The average Bonchev–Trinajstić information content (AvgIpc) is 3.38. The molecule has 0 unspecified atom stereocenters. The Hall–Kier alpha value is -2.10. The van der Waals surface area contributed by atoms with E-state index in [1.165, 1.54) is 7.11 Å². The van der Waals surface area contributed by atoms with Crippen LogP contribution in [0.4, 0.5) is 0 Å². The number of carbonyl (C=O) groups excluding carboxylic acids is 3. The van der Waals surface area contributed by atoms with E-state index in [-0.39, 0.29) is 36.6 Å². The number of methoxy groups -OCH3 is 1. The van der Waals surface area contributed by atoms with E-state index in [0.29, 0.717) is 26.1 Å². The van der Waals surface area contributed by atoms with Gasteiger partial charge in [0.1, 0.15) is 0 Å². The maximum atomic E-state index is 12.8. The molecule has 1 saturated heterocycles. The molecule has 0 aromatic carbocycles. The molecule has 25 heavy (non-hydrogen) atoms. The van der Waals surface area contributed by atoms with Gasteiger partial charge in [-0.25, -0.2) is 0 Å². The van der Waals surface area contributed by atoms with E-state index in [0.717, 1.165) is 0 Å². The second kappa shape index (κ2) is 7.03. The van der Waals surface area contributed by atoms with Gasteiger partial charge < -0.3 is 14.4 Å². The molecule has 1 saturated carbocycles. The highest BCUT2D eigenvalue weighted by atomic mass is 16.5. The largest absolute Gasteiger partial charge is 0.468 e. The van der Waals surface area contributed by atoms with Crippen LogP contribution in [0.15, 0.2) is 0 Å². The van der Waals surface area contributed by atoms with Crippen molar-refractivity contribution < 1.29 is 23.9 Å². The molecule has 7 heteroatoms. The van der Waals surface area contributed by atoms with Crippen molar-refractivity contribution >= 4 is 17.8 Å². The van der Waals surface area contributed by atoms with Crippen LogP contribution in [0.5, 0.6) is 0 Å². The van der Waals surface area contributed by atoms with E-state index in [2.05, 4.69) is 6.07 Å². The third-order valence-corrected chi connectivity index (χ3v) is 5.71. The Morgan fingerprint density at radius 3 is 2.28 bits per heavy atom. The van der Waals surface area contributed by atoms with Crippen molar-refractivity contribution in [1.82, 2.24) is 4.90 Å². The molecule has 1 heterocycles. The lowest BCUT2D eigenvalue weighted by atomic mass is 9.79. The van der Waals surface area contributed by atoms with Gasteiger partial charge in [0.2, 0.25) is 5.91 Å². The lowest BCUT2D eigenvalue weighted by molar-refractivity contribution is -0.156. The molecule has 2 rings (SSSR count). The summed E-state index contributed by atoms with van der Waals surface area (Å²) in [5.74, 6) is -1.30. The Balaban J connectivity index is 2.06. The predicted molar refractivity (Wildman–Crippen MR) is 87.9 cm³/mol. The van der Waals surface area contributed by atoms with Gasteiger partial charge >= 0.3 is 11.9 Å². The van der Waals surface area contributed by atoms with E-state index in [1.807, 2.05) is 13.8 Å². The molecule has 2 fully saturated rings. The third kappa shape index (κ3) is 3.10. The van der Waals surface area contributed by atoms with E-state index in [4.69, 9.17) is 9.47 Å². The number of esters is 2. The lowest BCUT2D eigenvalue weighted by Gasteiger charge is -2.35. The molecule has 138 valence electrons. The maximum Gasteiger partial charge on any atom is 0.326 e. The fourth-order valence-corrected chi connectivity index (χ4v) is 3.84. The number of carbonyl (C=O) groups is 3. The number of amides is 1. The summed E-state index contributed by atoms with van der Waals surface area (Å²) in [5.41, 5.74) is -1.91. The number of hydrogen-bond donors (Lipinski definition) is 0. The van der Waals surface area contributed by atoms with Gasteiger partial charge in [0.15, 0.2) is 5.41 Å². The number of likely N-dealkylation sites (tertiary alicyclic amines) is 1. The Kier molecular flexibility index (Phi) is 5.40. The minimum absolute atomic E-state index is 0.0126. The first-order valence-electron chi connectivity index (χ1n) is 8.74. The Bertz CT molecular complexity index is 601. The molecule has 0 spiro atoms. The highest BCUT2D eigenvalue weighted by Crippen LogP contribution is 2.59. The first-order chi connectivity index (χ1) is 11.8. The molecule has 1 aliphatic heterocycles. The summed E-state index contributed by atoms with van der Waals surface area (Å²) in [7, 11) is 1.26. The quantitative estimate of drug-likeness (QED) is 0.697. The van der Waals surface area contributed by atoms with Crippen molar-refractivity contribution in [2.75, 3.05) is 26.8 Å². The van der Waals surface area contributed by atoms with Gasteiger partial charge in [-0.3, -0.25) is 14.4 Å². The van der Waals surface area contributed by atoms with Crippen LogP contribution in [-0.4, -0.2) is 49.6 Å². The molecular formula is C18H26N2O5. The first-order valence-corrected chi connectivity index (χ1v) is 8.74. The molecule has 0 radical (unpaired) electrons. The highest BCUT2D eigenvalue weighted by molar-refractivity contribution is 5.94. The SMILES string of the molecule is CCOC(=O)[C@]1(C(C)C)C[C@@H]1C(=O)N1CCC(C#N)(C(=O)OC)CC1. The van der Waals surface area contributed by atoms with Gasteiger partial charge in [-0.05, 0) is 32.1 Å². The number of hydrogen-bond acceptors (Lipinski definition) is 6. The Labute approximate surface area is 148 Å². The molecule has 7 nitrogen and oxygen atoms in total. The minimum Gasteiger partial charge on any atom is -0.468 e. The summed E-state index contributed by atoms with van der Waals surface area (Å²) in [6, 6.07) is 2.06. The summed E-state index contributed by atoms with van der Waals surface area (Å²) in [6.45, 7) is 6.53. The number of piperidine rings is 1. The standard InChI is InChI=1S/C18H26N2O5/c1-5-25-16(23)18(12(2)3)10-13(18)14(21)20-8-6-17(11-19,7-9-20)15(22)24-4/h12-13H,5-10H2,1-4H3/t13-,18+/m1/s1. The van der Waals surface area contributed by atoms with Gasteiger partial charge in [0.05, 0.1) is 31.1 Å². The first kappa shape index (κ1) is 19.2. The van der Waals surface area contributed by atoms with Crippen LogP contribution in [0.25, 0.3) is 0 Å². The molecule has 0 aromatic heterocycles. The fourth-order valence-electron chi connectivity index (χ4n) is 3.84. The van der Waals surface area contributed by atoms with Crippen LogP contribution < -0.4 is 0 Å². The molecule has 0 N–H and O–H groups in total. The second-order valence-corrected chi connectivity index (χ2v) is 7.18. The van der Waals surface area contributed by atoms with Gasteiger partial charge in [-0.15, -0.1) is 0 Å². The van der Waals surface area contributed by atoms with Crippen LogP contribution in [-0.2, 0) is 23.9 Å². The number of rotatable bonds is 5. The molecule has 0 bridgehead atoms. The smallest absolute Gasteiger partial charge is 0.326 e. The zero-order valence-electron chi connectivity index (χ0n) is 15.3. The van der Waals surface area contributed by atoms with Crippen LogP contribution in [0, 0.1) is 34.0 Å². The van der Waals surface area contributed by atoms with E-state index >= 15 is 0 Å². The van der Waals surface area contributed by atoms with E-state index in [1.54, 1.807) is 11.8 Å². The average molecular weight is 350 g/mol. The van der Waals surface area contributed by atoms with Crippen LogP contribution in [0.2, 0.25) is 0 Å². The lowest BCUT2D eigenvalue weighted by Crippen LogP contribution is -2.47. The zero-order valence-corrected chi connectivity index (χ0v) is 15.3. The Morgan fingerprint density at radius 1 is 1.24 bits per heavy atom. The van der Waals surface area contributed by atoms with Gasteiger partial charge in [0, 0.05) is 13.1 Å². The summed E-state index contributed by atoms with van der Waals surface area (Å²) in [6.07, 6.45) is 1.00. The van der Waals surface area contributed by atoms with Crippen molar-refractivity contribution in [2.45, 2.75) is 40.0 Å². The van der Waals surface area contributed by atoms with Crippen LogP contribution in [0.3, 0.4) is 0 Å². The van der Waals surface area contributed by atoms with Gasteiger partial charge in [-0.1, -0.05) is 13.8 Å². The van der Waals surface area contributed by atoms with Crippen molar-refractivity contribution in [1.29, 1.82) is 5.26 Å². The summed E-state index contributed by atoms with van der Waals surface area (Å²) >= 11 is 0. The highest BCUT2D eigenvalue weighted by Gasteiger charge is 2.67.